The van der Waals surface area contributed by atoms with Gasteiger partial charge >= 0.3 is 0 Å². The Bertz CT molecular complexity index is 837. The van der Waals surface area contributed by atoms with Crippen molar-refractivity contribution in [2.24, 2.45) is 4.99 Å². The van der Waals surface area contributed by atoms with Gasteiger partial charge in [0.1, 0.15) is 0 Å². The highest BCUT2D eigenvalue weighted by Gasteiger charge is 2.08. The Morgan fingerprint density at radius 3 is 2.91 bits per heavy atom. The van der Waals surface area contributed by atoms with Crippen molar-refractivity contribution in [1.82, 2.24) is 9.55 Å². The van der Waals surface area contributed by atoms with Gasteiger partial charge in [0.25, 0.3) is 0 Å². The lowest BCUT2D eigenvalue weighted by Crippen LogP contribution is -2.15. The molecule has 0 saturated carbocycles. The summed E-state index contributed by atoms with van der Waals surface area (Å²) in [6.45, 7) is 3.19. The molecule has 0 N–H and O–H groups in total. The number of thiazole rings is 1. The molecule has 3 aromatic rings. The maximum absolute atomic E-state index is 4.77. The summed E-state index contributed by atoms with van der Waals surface area (Å²) in [5.41, 5.74) is 3.31. The van der Waals surface area contributed by atoms with Crippen LogP contribution in [-0.2, 0) is 6.54 Å². The SMILES string of the molecule is CCCCn1c(-c2cccc(Br)c2)csc1=Nc1cccnc1. The number of hydrogen-bond acceptors (Lipinski definition) is 3. The lowest BCUT2D eigenvalue weighted by atomic mass is 10.2. The molecule has 5 heteroatoms. The van der Waals surface area contributed by atoms with Gasteiger partial charge in [0.15, 0.2) is 4.80 Å². The molecule has 0 bridgehead atoms. The minimum absolute atomic E-state index is 0.889. The summed E-state index contributed by atoms with van der Waals surface area (Å²) in [6.07, 6.45) is 5.86. The van der Waals surface area contributed by atoms with Crippen LogP contribution in [0.5, 0.6) is 0 Å². The first-order valence-corrected chi connectivity index (χ1v) is 9.34. The van der Waals surface area contributed by atoms with Crippen molar-refractivity contribution in [2.45, 2.75) is 26.3 Å². The summed E-state index contributed by atoms with van der Waals surface area (Å²) in [5.74, 6) is 0. The third-order valence-corrected chi connectivity index (χ3v) is 4.88. The topological polar surface area (TPSA) is 30.2 Å². The van der Waals surface area contributed by atoms with Gasteiger partial charge in [-0.25, -0.2) is 4.99 Å². The van der Waals surface area contributed by atoms with Crippen molar-refractivity contribution in [3.05, 3.63) is 63.4 Å². The molecular weight excluding hydrogens is 370 g/mol. The van der Waals surface area contributed by atoms with Crippen LogP contribution in [0.2, 0.25) is 0 Å². The first kappa shape index (κ1) is 16.1. The monoisotopic (exact) mass is 387 g/mol. The Morgan fingerprint density at radius 1 is 1.26 bits per heavy atom. The van der Waals surface area contributed by atoms with Gasteiger partial charge in [-0.1, -0.05) is 41.4 Å². The second-order valence-electron chi connectivity index (χ2n) is 5.24. The van der Waals surface area contributed by atoms with Crippen LogP contribution >= 0.6 is 27.3 Å². The lowest BCUT2D eigenvalue weighted by Gasteiger charge is -2.09. The first-order chi connectivity index (χ1) is 11.3. The molecule has 0 aliphatic carbocycles. The van der Waals surface area contributed by atoms with E-state index in [0.717, 1.165) is 34.3 Å². The average Bonchev–Trinajstić information content (AvgIpc) is 2.96. The van der Waals surface area contributed by atoms with Crippen molar-refractivity contribution < 1.29 is 0 Å². The molecule has 3 nitrogen and oxygen atoms in total. The number of unbranched alkanes of at least 4 members (excludes halogenated alkanes) is 1. The third kappa shape index (κ3) is 3.98. The number of pyridine rings is 1. The largest absolute Gasteiger partial charge is 0.316 e. The fraction of sp³-hybridized carbons (Fsp3) is 0.222. The second kappa shape index (κ2) is 7.70. The molecule has 23 heavy (non-hydrogen) atoms. The third-order valence-electron chi connectivity index (χ3n) is 3.52. The lowest BCUT2D eigenvalue weighted by molar-refractivity contribution is 0.623. The van der Waals surface area contributed by atoms with Crippen LogP contribution < -0.4 is 4.80 Å². The fourth-order valence-electron chi connectivity index (χ4n) is 2.36. The van der Waals surface area contributed by atoms with E-state index in [0.29, 0.717) is 0 Å². The molecule has 1 aromatic carbocycles. The molecule has 3 rings (SSSR count). The molecule has 0 saturated heterocycles. The number of nitrogens with zero attached hydrogens (tertiary/aromatic N) is 3. The van der Waals surface area contributed by atoms with E-state index in [1.165, 1.54) is 11.3 Å². The summed E-state index contributed by atoms with van der Waals surface area (Å²) in [6, 6.07) is 12.3. The summed E-state index contributed by atoms with van der Waals surface area (Å²) >= 11 is 5.24. The van der Waals surface area contributed by atoms with Gasteiger partial charge < -0.3 is 4.57 Å². The maximum atomic E-state index is 4.77. The van der Waals surface area contributed by atoms with Crippen molar-refractivity contribution in [3.63, 3.8) is 0 Å². The zero-order valence-electron chi connectivity index (χ0n) is 12.9. The molecule has 118 valence electrons. The quantitative estimate of drug-likeness (QED) is 0.575. The van der Waals surface area contributed by atoms with Gasteiger partial charge in [-0.05, 0) is 30.7 Å². The van der Waals surface area contributed by atoms with Gasteiger partial charge in [0.2, 0.25) is 0 Å². The van der Waals surface area contributed by atoms with E-state index < -0.39 is 0 Å². The van der Waals surface area contributed by atoms with Crippen LogP contribution in [0, 0.1) is 0 Å². The fourth-order valence-corrected chi connectivity index (χ4v) is 3.71. The van der Waals surface area contributed by atoms with Gasteiger partial charge in [-0.2, -0.15) is 0 Å². The zero-order valence-corrected chi connectivity index (χ0v) is 15.3. The molecule has 0 atom stereocenters. The van der Waals surface area contributed by atoms with Crippen LogP contribution in [-0.4, -0.2) is 9.55 Å². The normalized spacial score (nSPS) is 11.8. The van der Waals surface area contributed by atoms with Crippen LogP contribution in [0.15, 0.2) is 63.6 Å². The van der Waals surface area contributed by atoms with Crippen LogP contribution in [0.3, 0.4) is 0 Å². The molecular formula is C18H18BrN3S. The molecule has 0 fully saturated rings. The second-order valence-corrected chi connectivity index (χ2v) is 6.99. The summed E-state index contributed by atoms with van der Waals surface area (Å²) in [7, 11) is 0. The maximum Gasteiger partial charge on any atom is 0.190 e. The highest BCUT2D eigenvalue weighted by Crippen LogP contribution is 2.24. The number of hydrogen-bond donors (Lipinski definition) is 0. The number of aromatic nitrogens is 2. The highest BCUT2D eigenvalue weighted by atomic mass is 79.9. The van der Waals surface area contributed by atoms with E-state index in [1.54, 1.807) is 23.7 Å². The van der Waals surface area contributed by atoms with E-state index >= 15 is 0 Å². The smallest absolute Gasteiger partial charge is 0.190 e. The Kier molecular flexibility index (Phi) is 5.41. The summed E-state index contributed by atoms with van der Waals surface area (Å²) in [4.78, 5) is 9.93. The van der Waals surface area contributed by atoms with Gasteiger partial charge in [0.05, 0.1) is 17.6 Å². The van der Waals surface area contributed by atoms with E-state index in [9.17, 15) is 0 Å². The Labute approximate surface area is 148 Å². The van der Waals surface area contributed by atoms with E-state index in [2.05, 4.69) is 56.0 Å². The Morgan fingerprint density at radius 2 is 2.17 bits per heavy atom. The van der Waals surface area contributed by atoms with Crippen molar-refractivity contribution in [3.8, 4) is 11.3 Å². The number of benzene rings is 1. The molecule has 2 aromatic heterocycles. The predicted molar refractivity (Wildman–Crippen MR) is 99.8 cm³/mol. The molecule has 0 amide bonds. The van der Waals surface area contributed by atoms with Crippen LogP contribution in [0.25, 0.3) is 11.3 Å². The van der Waals surface area contributed by atoms with Gasteiger partial charge in [0, 0.05) is 28.2 Å². The molecule has 0 spiro atoms. The van der Waals surface area contributed by atoms with E-state index in [-0.39, 0.29) is 0 Å². The highest BCUT2D eigenvalue weighted by molar-refractivity contribution is 9.10. The van der Waals surface area contributed by atoms with E-state index in [4.69, 9.17) is 4.99 Å². The van der Waals surface area contributed by atoms with Crippen molar-refractivity contribution >= 4 is 33.0 Å². The number of rotatable bonds is 5. The minimum atomic E-state index is 0.889. The Balaban J connectivity index is 2.09. The minimum Gasteiger partial charge on any atom is -0.316 e. The molecule has 0 unspecified atom stereocenters. The van der Waals surface area contributed by atoms with Gasteiger partial charge in [-0.3, -0.25) is 4.98 Å². The zero-order chi connectivity index (χ0) is 16.1. The average molecular weight is 388 g/mol. The first-order valence-electron chi connectivity index (χ1n) is 7.67. The van der Waals surface area contributed by atoms with Crippen LogP contribution in [0.1, 0.15) is 19.8 Å². The predicted octanol–water partition coefficient (Wildman–Crippen LogP) is 5.41. The number of halogens is 1. The summed E-state index contributed by atoms with van der Waals surface area (Å²) < 4.78 is 3.40. The van der Waals surface area contributed by atoms with Crippen molar-refractivity contribution in [1.29, 1.82) is 0 Å². The van der Waals surface area contributed by atoms with Crippen LogP contribution in [0.4, 0.5) is 5.69 Å². The van der Waals surface area contributed by atoms with Gasteiger partial charge in [-0.15, -0.1) is 11.3 Å². The Hall–Kier alpha value is -1.72. The standard InChI is InChI=1S/C18H18BrN3S/c1-2-3-10-22-17(14-6-4-7-15(19)11-14)13-23-18(22)21-16-8-5-9-20-12-16/h4-9,11-13H,2-3,10H2,1H3. The van der Waals surface area contributed by atoms with E-state index in [1.807, 2.05) is 18.2 Å². The molecule has 2 heterocycles. The summed E-state index contributed by atoms with van der Waals surface area (Å²) in [5, 5.41) is 2.19. The molecule has 0 radical (unpaired) electrons. The molecule has 0 aliphatic heterocycles. The van der Waals surface area contributed by atoms with Crippen molar-refractivity contribution in [2.75, 3.05) is 0 Å². The molecule has 0 aliphatic rings.